The average molecular weight is 340 g/mol. The van der Waals surface area contributed by atoms with Crippen LogP contribution in [0.3, 0.4) is 0 Å². The number of nitrogens with one attached hydrogen (secondary N) is 1. The minimum absolute atomic E-state index is 0.129. The fourth-order valence-corrected chi connectivity index (χ4v) is 1.78. The van der Waals surface area contributed by atoms with Crippen LogP contribution in [0.4, 0.5) is 23.0 Å². The van der Waals surface area contributed by atoms with Crippen molar-refractivity contribution >= 4 is 28.9 Å². The minimum atomic E-state index is -0.646. The number of pyridine rings is 1. The second kappa shape index (κ2) is 8.02. The number of nitrogen functional groups attached to an aromatic ring is 1. The first-order valence-electron chi connectivity index (χ1n) is 7.54. The fourth-order valence-electron chi connectivity index (χ4n) is 1.78. The summed E-state index contributed by atoms with van der Waals surface area (Å²) in [6.45, 7) is 7.02. The smallest absolute Gasteiger partial charge is 0.242 e. The van der Waals surface area contributed by atoms with E-state index < -0.39 is 6.04 Å². The van der Waals surface area contributed by atoms with Crippen molar-refractivity contribution in [1.82, 2.24) is 4.98 Å². The first-order valence-corrected chi connectivity index (χ1v) is 7.54. The summed E-state index contributed by atoms with van der Waals surface area (Å²) in [4.78, 5) is 15.6. The number of allylic oxidation sites excluding steroid dienone is 1. The molecule has 1 aromatic carbocycles. The van der Waals surface area contributed by atoms with Gasteiger partial charge in [0.2, 0.25) is 5.91 Å². The molecule has 2 rings (SSSR count). The molecule has 1 atom stereocenters. The summed E-state index contributed by atoms with van der Waals surface area (Å²) in [5, 5.41) is 10.8. The van der Waals surface area contributed by atoms with E-state index in [0.717, 1.165) is 0 Å². The number of para-hydroxylation sites is 1. The van der Waals surface area contributed by atoms with E-state index in [1.54, 1.807) is 38.1 Å². The third kappa shape index (κ3) is 5.11. The zero-order valence-electron chi connectivity index (χ0n) is 14.1. The highest BCUT2D eigenvalue weighted by atomic mass is 16.5. The van der Waals surface area contributed by atoms with Gasteiger partial charge in [0.05, 0.1) is 11.8 Å². The van der Waals surface area contributed by atoms with Gasteiger partial charge in [0.25, 0.3) is 0 Å². The molecule has 0 saturated carbocycles. The minimum Gasteiger partial charge on any atom is -0.460 e. The third-order valence-corrected chi connectivity index (χ3v) is 2.98. The Morgan fingerprint density at radius 1 is 1.24 bits per heavy atom. The maximum atomic E-state index is 11.6. The maximum absolute atomic E-state index is 11.6. The topological polar surface area (TPSA) is 128 Å². The quantitative estimate of drug-likeness (QED) is 0.549. The van der Waals surface area contributed by atoms with Gasteiger partial charge in [0, 0.05) is 0 Å². The molecule has 0 aliphatic carbocycles. The van der Waals surface area contributed by atoms with Gasteiger partial charge in [-0.25, -0.2) is 4.98 Å². The Bertz CT molecular complexity index is 817. The Kier molecular flexibility index (Phi) is 5.80. The van der Waals surface area contributed by atoms with Gasteiger partial charge in [-0.3, -0.25) is 4.79 Å². The molecule has 8 nitrogen and oxygen atoms in total. The Hall–Kier alpha value is -3.26. The first-order chi connectivity index (χ1) is 11.9. The van der Waals surface area contributed by atoms with Gasteiger partial charge < -0.3 is 21.5 Å². The molecule has 0 aliphatic heterocycles. The number of nitrogens with two attached hydrogens (primary N) is 2. The monoisotopic (exact) mass is 340 g/mol. The number of nitrogens with zero attached hydrogens (tertiary/aromatic N) is 3. The van der Waals surface area contributed by atoms with Crippen LogP contribution < -0.4 is 21.5 Å². The van der Waals surface area contributed by atoms with Crippen molar-refractivity contribution in [2.75, 3.05) is 11.1 Å². The second-order valence-electron chi connectivity index (χ2n) is 5.35. The van der Waals surface area contributed by atoms with E-state index in [1.165, 1.54) is 0 Å². The highest BCUT2D eigenvalue weighted by Crippen LogP contribution is 2.31. The SMILES string of the molecule is C=C(C)Oc1ccccc1/N=N/c1ccc(NC(=O)[C@H](C)N)nc1N. The number of anilines is 2. The van der Waals surface area contributed by atoms with Crippen molar-refractivity contribution in [3.8, 4) is 5.75 Å². The molecule has 0 spiro atoms. The summed E-state index contributed by atoms with van der Waals surface area (Å²) < 4.78 is 5.49. The molecule has 0 saturated heterocycles. The molecule has 2 aromatic rings. The number of hydrogen-bond donors (Lipinski definition) is 3. The van der Waals surface area contributed by atoms with E-state index in [1.807, 2.05) is 12.1 Å². The van der Waals surface area contributed by atoms with E-state index in [9.17, 15) is 4.79 Å². The largest absolute Gasteiger partial charge is 0.460 e. The number of rotatable bonds is 6. The van der Waals surface area contributed by atoms with E-state index in [-0.39, 0.29) is 11.7 Å². The lowest BCUT2D eigenvalue weighted by Gasteiger charge is -2.08. The van der Waals surface area contributed by atoms with Crippen LogP contribution in [0.25, 0.3) is 0 Å². The molecule has 130 valence electrons. The van der Waals surface area contributed by atoms with Gasteiger partial charge in [0.15, 0.2) is 11.6 Å². The predicted octanol–water partition coefficient (Wildman–Crippen LogP) is 3.28. The predicted molar refractivity (Wildman–Crippen MR) is 97.0 cm³/mol. The lowest BCUT2D eigenvalue weighted by Crippen LogP contribution is -2.32. The zero-order valence-corrected chi connectivity index (χ0v) is 14.1. The van der Waals surface area contributed by atoms with Crippen molar-refractivity contribution in [3.63, 3.8) is 0 Å². The van der Waals surface area contributed by atoms with Crippen molar-refractivity contribution in [1.29, 1.82) is 0 Å². The van der Waals surface area contributed by atoms with Crippen LogP contribution in [0.15, 0.2) is 59.0 Å². The Balaban J connectivity index is 2.19. The Labute approximate surface area is 145 Å². The van der Waals surface area contributed by atoms with Crippen LogP contribution in [-0.2, 0) is 4.79 Å². The lowest BCUT2D eigenvalue weighted by molar-refractivity contribution is -0.117. The van der Waals surface area contributed by atoms with Crippen LogP contribution in [-0.4, -0.2) is 16.9 Å². The first kappa shape index (κ1) is 18.1. The van der Waals surface area contributed by atoms with Crippen LogP contribution in [0.5, 0.6) is 5.75 Å². The molecule has 0 fully saturated rings. The lowest BCUT2D eigenvalue weighted by atomic mass is 10.3. The number of carbonyl (C=O) groups is 1. The van der Waals surface area contributed by atoms with Gasteiger partial charge in [-0.15, -0.1) is 10.2 Å². The summed E-state index contributed by atoms with van der Waals surface area (Å²) in [7, 11) is 0. The zero-order chi connectivity index (χ0) is 18.4. The number of hydrogen-bond acceptors (Lipinski definition) is 7. The van der Waals surface area contributed by atoms with Crippen LogP contribution in [0, 0.1) is 0 Å². The van der Waals surface area contributed by atoms with E-state index in [2.05, 4.69) is 27.1 Å². The molecule has 1 heterocycles. The molecule has 0 radical (unpaired) electrons. The summed E-state index contributed by atoms with van der Waals surface area (Å²) >= 11 is 0. The molecule has 5 N–H and O–H groups in total. The molecule has 0 bridgehead atoms. The van der Waals surface area contributed by atoms with E-state index >= 15 is 0 Å². The van der Waals surface area contributed by atoms with E-state index in [0.29, 0.717) is 28.7 Å². The molecule has 25 heavy (non-hydrogen) atoms. The number of ether oxygens (including phenoxy) is 1. The molecule has 0 aliphatic rings. The van der Waals surface area contributed by atoms with Crippen molar-refractivity contribution in [2.24, 2.45) is 16.0 Å². The van der Waals surface area contributed by atoms with Crippen LogP contribution in [0.2, 0.25) is 0 Å². The molecule has 8 heteroatoms. The number of azo groups is 1. The van der Waals surface area contributed by atoms with Gasteiger partial charge in [0.1, 0.15) is 17.2 Å². The average Bonchev–Trinajstić information content (AvgIpc) is 2.54. The number of benzene rings is 1. The van der Waals surface area contributed by atoms with Crippen molar-refractivity contribution in [3.05, 3.63) is 48.7 Å². The molecule has 1 aromatic heterocycles. The summed E-state index contributed by atoms with van der Waals surface area (Å²) in [6, 6.07) is 9.68. The van der Waals surface area contributed by atoms with Crippen molar-refractivity contribution in [2.45, 2.75) is 19.9 Å². The molecule has 0 unspecified atom stereocenters. The van der Waals surface area contributed by atoms with Gasteiger partial charge in [-0.05, 0) is 38.1 Å². The second-order valence-corrected chi connectivity index (χ2v) is 5.35. The Morgan fingerprint density at radius 3 is 2.56 bits per heavy atom. The number of carbonyl (C=O) groups excluding carboxylic acids is 1. The molecular weight excluding hydrogens is 320 g/mol. The number of aromatic nitrogens is 1. The van der Waals surface area contributed by atoms with Gasteiger partial charge >= 0.3 is 0 Å². The molecule has 1 amide bonds. The van der Waals surface area contributed by atoms with E-state index in [4.69, 9.17) is 16.2 Å². The molecular formula is C17H20N6O2. The normalized spacial score (nSPS) is 12.0. The fraction of sp³-hybridized carbons (Fsp3) is 0.176. The van der Waals surface area contributed by atoms with Gasteiger partial charge in [-0.1, -0.05) is 18.7 Å². The summed E-state index contributed by atoms with van der Waals surface area (Å²) in [6.07, 6.45) is 0. The third-order valence-electron chi connectivity index (χ3n) is 2.98. The highest BCUT2D eigenvalue weighted by molar-refractivity contribution is 5.93. The van der Waals surface area contributed by atoms with Crippen molar-refractivity contribution < 1.29 is 9.53 Å². The van der Waals surface area contributed by atoms with Crippen LogP contribution in [0.1, 0.15) is 13.8 Å². The van der Waals surface area contributed by atoms with Gasteiger partial charge in [-0.2, -0.15) is 0 Å². The Morgan fingerprint density at radius 2 is 1.92 bits per heavy atom. The highest BCUT2D eigenvalue weighted by Gasteiger charge is 2.10. The standard InChI is InChI=1S/C17H20N6O2/c1-10(2)25-14-7-5-4-6-12(14)22-23-13-8-9-15(20-16(13)19)21-17(24)11(3)18/h4-9,11H,1,18H2,2-3H3,(H3,19,20,21,24)/b23-22+/t11-/m0/s1. The summed E-state index contributed by atoms with van der Waals surface area (Å²) in [5.74, 6) is 1.14. The number of amides is 1. The maximum Gasteiger partial charge on any atom is 0.242 e. The summed E-state index contributed by atoms with van der Waals surface area (Å²) in [5.41, 5.74) is 12.2. The van der Waals surface area contributed by atoms with Crippen LogP contribution >= 0.6 is 0 Å².